The van der Waals surface area contributed by atoms with Crippen molar-refractivity contribution in [1.29, 1.82) is 0 Å². The van der Waals surface area contributed by atoms with Gasteiger partial charge in [0.1, 0.15) is 0 Å². The SMILES string of the molecule is CC(Cn1c(=S)[nH]c2ccccc21)N1CCCC1. The average Bonchev–Trinajstić information content (AvgIpc) is 2.98. The Morgan fingerprint density at radius 2 is 2.00 bits per heavy atom. The molecule has 3 nitrogen and oxygen atoms in total. The topological polar surface area (TPSA) is 24.0 Å². The van der Waals surface area contributed by atoms with Crippen molar-refractivity contribution >= 4 is 23.3 Å². The van der Waals surface area contributed by atoms with Crippen LogP contribution >= 0.6 is 12.2 Å². The fourth-order valence-electron chi connectivity index (χ4n) is 2.85. The molecule has 2 heterocycles. The van der Waals surface area contributed by atoms with E-state index in [0.717, 1.165) is 16.8 Å². The number of hydrogen-bond donors (Lipinski definition) is 1. The van der Waals surface area contributed by atoms with E-state index in [0.29, 0.717) is 6.04 Å². The Kier molecular flexibility index (Phi) is 3.22. The molecule has 0 saturated carbocycles. The van der Waals surface area contributed by atoms with E-state index in [1.807, 2.05) is 6.07 Å². The van der Waals surface area contributed by atoms with Crippen molar-refractivity contribution < 1.29 is 0 Å². The van der Waals surface area contributed by atoms with Gasteiger partial charge in [0.15, 0.2) is 4.77 Å². The molecule has 1 aliphatic rings. The van der Waals surface area contributed by atoms with Gasteiger partial charge in [0.25, 0.3) is 0 Å². The number of imidazole rings is 1. The Balaban J connectivity index is 1.89. The van der Waals surface area contributed by atoms with Crippen molar-refractivity contribution in [2.75, 3.05) is 13.1 Å². The molecule has 1 N–H and O–H groups in total. The highest BCUT2D eigenvalue weighted by molar-refractivity contribution is 7.71. The molecule has 0 spiro atoms. The first-order chi connectivity index (χ1) is 8.75. The number of benzene rings is 1. The van der Waals surface area contributed by atoms with Crippen LogP contribution in [-0.2, 0) is 6.54 Å². The fraction of sp³-hybridized carbons (Fsp3) is 0.500. The summed E-state index contributed by atoms with van der Waals surface area (Å²) in [5.74, 6) is 0. The van der Waals surface area contributed by atoms with E-state index >= 15 is 0 Å². The third-order valence-corrected chi connectivity index (χ3v) is 4.21. The van der Waals surface area contributed by atoms with Crippen molar-refractivity contribution in [3.63, 3.8) is 0 Å². The molecule has 1 aliphatic heterocycles. The van der Waals surface area contributed by atoms with Gasteiger partial charge in [-0.25, -0.2) is 0 Å². The first-order valence-electron chi connectivity index (χ1n) is 6.67. The number of para-hydroxylation sites is 2. The van der Waals surface area contributed by atoms with E-state index in [1.54, 1.807) is 0 Å². The minimum atomic E-state index is 0.554. The first kappa shape index (κ1) is 11.9. The lowest BCUT2D eigenvalue weighted by molar-refractivity contribution is 0.237. The lowest BCUT2D eigenvalue weighted by Gasteiger charge is -2.24. The Morgan fingerprint density at radius 3 is 2.78 bits per heavy atom. The van der Waals surface area contributed by atoms with E-state index in [1.165, 1.54) is 31.4 Å². The molecule has 1 fully saturated rings. The number of likely N-dealkylation sites (tertiary alicyclic amines) is 1. The number of H-pyrrole nitrogens is 1. The van der Waals surface area contributed by atoms with Crippen molar-refractivity contribution in [3.05, 3.63) is 29.0 Å². The predicted octanol–water partition coefficient (Wildman–Crippen LogP) is 3.18. The lowest BCUT2D eigenvalue weighted by Crippen LogP contribution is -2.33. The van der Waals surface area contributed by atoms with Crippen molar-refractivity contribution in [2.24, 2.45) is 0 Å². The number of nitrogens with one attached hydrogen (secondary N) is 1. The molecular formula is C14H19N3S. The van der Waals surface area contributed by atoms with Crippen LogP contribution in [0.2, 0.25) is 0 Å². The van der Waals surface area contributed by atoms with E-state index in [-0.39, 0.29) is 0 Å². The molecular weight excluding hydrogens is 242 g/mol. The van der Waals surface area contributed by atoms with Crippen LogP contribution in [0.1, 0.15) is 19.8 Å². The Labute approximate surface area is 112 Å². The van der Waals surface area contributed by atoms with Gasteiger partial charge in [-0.05, 0) is 57.2 Å². The van der Waals surface area contributed by atoms with Crippen LogP contribution < -0.4 is 0 Å². The summed E-state index contributed by atoms with van der Waals surface area (Å²) < 4.78 is 3.07. The molecule has 1 atom stereocenters. The summed E-state index contributed by atoms with van der Waals surface area (Å²) in [5, 5.41) is 0. The molecule has 1 aromatic carbocycles. The minimum absolute atomic E-state index is 0.554. The molecule has 0 bridgehead atoms. The Hall–Kier alpha value is -1.13. The van der Waals surface area contributed by atoms with E-state index in [9.17, 15) is 0 Å². The zero-order valence-electron chi connectivity index (χ0n) is 10.7. The third kappa shape index (κ3) is 2.10. The maximum Gasteiger partial charge on any atom is 0.178 e. The summed E-state index contributed by atoms with van der Waals surface area (Å²) >= 11 is 5.43. The van der Waals surface area contributed by atoms with Gasteiger partial charge >= 0.3 is 0 Å². The number of rotatable bonds is 3. The van der Waals surface area contributed by atoms with Gasteiger partial charge in [0, 0.05) is 12.6 Å². The lowest BCUT2D eigenvalue weighted by atomic mass is 10.2. The maximum absolute atomic E-state index is 5.43. The van der Waals surface area contributed by atoms with Gasteiger partial charge in [0.2, 0.25) is 0 Å². The number of hydrogen-bond acceptors (Lipinski definition) is 2. The second-order valence-corrected chi connectivity index (χ2v) is 5.54. The van der Waals surface area contributed by atoms with E-state index in [4.69, 9.17) is 12.2 Å². The smallest absolute Gasteiger partial charge is 0.178 e. The monoisotopic (exact) mass is 261 g/mol. The highest BCUT2D eigenvalue weighted by atomic mass is 32.1. The Morgan fingerprint density at radius 1 is 1.28 bits per heavy atom. The van der Waals surface area contributed by atoms with Crippen LogP contribution in [0.3, 0.4) is 0 Å². The normalized spacial score (nSPS) is 18.5. The van der Waals surface area contributed by atoms with Gasteiger partial charge in [-0.3, -0.25) is 4.90 Å². The first-order valence-corrected chi connectivity index (χ1v) is 7.08. The van der Waals surface area contributed by atoms with Crippen molar-refractivity contribution in [1.82, 2.24) is 14.5 Å². The van der Waals surface area contributed by atoms with Crippen LogP contribution in [0.15, 0.2) is 24.3 Å². The van der Waals surface area contributed by atoms with Crippen molar-refractivity contribution in [2.45, 2.75) is 32.4 Å². The molecule has 4 heteroatoms. The number of fused-ring (bicyclic) bond motifs is 1. The summed E-state index contributed by atoms with van der Waals surface area (Å²) in [5.41, 5.74) is 2.35. The zero-order chi connectivity index (χ0) is 12.5. The summed E-state index contributed by atoms with van der Waals surface area (Å²) in [4.78, 5) is 5.84. The molecule has 2 aromatic rings. The maximum atomic E-state index is 5.43. The summed E-state index contributed by atoms with van der Waals surface area (Å²) in [6.45, 7) is 5.74. The van der Waals surface area contributed by atoms with E-state index in [2.05, 4.69) is 39.6 Å². The molecule has 18 heavy (non-hydrogen) atoms. The molecule has 0 radical (unpaired) electrons. The van der Waals surface area contributed by atoms with Gasteiger partial charge in [-0.15, -0.1) is 0 Å². The largest absolute Gasteiger partial charge is 0.331 e. The van der Waals surface area contributed by atoms with Gasteiger partial charge in [0.05, 0.1) is 11.0 Å². The standard InChI is InChI=1S/C14H19N3S/c1-11(16-8-4-5-9-16)10-17-13-7-3-2-6-12(13)15-14(17)18/h2-3,6-7,11H,4-5,8-10H2,1H3,(H,15,18). The number of nitrogens with zero attached hydrogens (tertiary/aromatic N) is 2. The van der Waals surface area contributed by atoms with Crippen LogP contribution in [0.5, 0.6) is 0 Å². The van der Waals surface area contributed by atoms with Gasteiger partial charge < -0.3 is 9.55 Å². The summed E-state index contributed by atoms with van der Waals surface area (Å²) in [6, 6.07) is 8.89. The Bertz CT molecular complexity index is 592. The van der Waals surface area contributed by atoms with Crippen LogP contribution in [0, 0.1) is 4.77 Å². The van der Waals surface area contributed by atoms with Gasteiger partial charge in [-0.2, -0.15) is 0 Å². The molecule has 0 amide bonds. The number of aromatic nitrogens is 2. The quantitative estimate of drug-likeness (QED) is 0.858. The van der Waals surface area contributed by atoms with Gasteiger partial charge in [-0.1, -0.05) is 12.1 Å². The molecule has 1 aromatic heterocycles. The van der Waals surface area contributed by atoms with Crippen LogP contribution in [0.25, 0.3) is 11.0 Å². The minimum Gasteiger partial charge on any atom is -0.331 e. The second kappa shape index (κ2) is 4.86. The summed E-state index contributed by atoms with van der Waals surface area (Å²) in [7, 11) is 0. The third-order valence-electron chi connectivity index (χ3n) is 3.89. The molecule has 1 unspecified atom stereocenters. The summed E-state index contributed by atoms with van der Waals surface area (Å²) in [6.07, 6.45) is 2.67. The fourth-order valence-corrected chi connectivity index (χ4v) is 3.13. The van der Waals surface area contributed by atoms with Crippen molar-refractivity contribution in [3.8, 4) is 0 Å². The molecule has 96 valence electrons. The second-order valence-electron chi connectivity index (χ2n) is 5.15. The molecule has 0 aliphatic carbocycles. The predicted molar refractivity (Wildman–Crippen MR) is 77.4 cm³/mol. The van der Waals surface area contributed by atoms with Crippen LogP contribution in [-0.4, -0.2) is 33.6 Å². The average molecular weight is 261 g/mol. The highest BCUT2D eigenvalue weighted by Gasteiger charge is 2.19. The number of aromatic amines is 1. The zero-order valence-corrected chi connectivity index (χ0v) is 11.5. The highest BCUT2D eigenvalue weighted by Crippen LogP contribution is 2.17. The van der Waals surface area contributed by atoms with E-state index < -0.39 is 0 Å². The van der Waals surface area contributed by atoms with Crippen LogP contribution in [0.4, 0.5) is 0 Å². The molecule has 1 saturated heterocycles. The molecule has 3 rings (SSSR count).